The Morgan fingerprint density at radius 2 is 2.50 bits per heavy atom. The first-order chi connectivity index (χ1) is 7.88. The van der Waals surface area contributed by atoms with Gasteiger partial charge in [0.1, 0.15) is 5.82 Å². The third-order valence-corrected chi connectivity index (χ3v) is 2.53. The minimum atomic E-state index is 0.373. The highest BCUT2D eigenvalue weighted by molar-refractivity contribution is 5.38. The van der Waals surface area contributed by atoms with Gasteiger partial charge < -0.3 is 14.8 Å². The lowest BCUT2D eigenvalue weighted by atomic mass is 10.1. The van der Waals surface area contributed by atoms with E-state index in [0.29, 0.717) is 18.5 Å². The highest BCUT2D eigenvalue weighted by atomic mass is 16.5. The van der Waals surface area contributed by atoms with Crippen LogP contribution in [0.2, 0.25) is 0 Å². The van der Waals surface area contributed by atoms with Gasteiger partial charge in [-0.1, -0.05) is 6.07 Å². The molecule has 0 aliphatic carbocycles. The summed E-state index contributed by atoms with van der Waals surface area (Å²) < 4.78 is 10.8. The van der Waals surface area contributed by atoms with E-state index in [9.17, 15) is 0 Å². The zero-order chi connectivity index (χ0) is 11.2. The average Bonchev–Trinajstić information content (AvgIpc) is 2.31. The molecular weight excluding hydrogens is 204 g/mol. The molecule has 1 atom stereocenters. The number of pyridine rings is 1. The van der Waals surface area contributed by atoms with Gasteiger partial charge in [0, 0.05) is 12.7 Å². The van der Waals surface area contributed by atoms with Crippen LogP contribution in [0, 0.1) is 0 Å². The van der Waals surface area contributed by atoms with Crippen LogP contribution >= 0.6 is 0 Å². The minimum absolute atomic E-state index is 0.373. The molecule has 2 heterocycles. The van der Waals surface area contributed by atoms with Crippen molar-refractivity contribution in [1.82, 2.24) is 4.98 Å². The Labute approximate surface area is 96.0 Å². The molecule has 0 saturated carbocycles. The molecule has 1 saturated heterocycles. The second-order valence-corrected chi connectivity index (χ2v) is 3.85. The van der Waals surface area contributed by atoms with Gasteiger partial charge in [-0.2, -0.15) is 4.98 Å². The van der Waals surface area contributed by atoms with Crippen LogP contribution in [0.1, 0.15) is 19.8 Å². The van der Waals surface area contributed by atoms with Crippen LogP contribution in [0.15, 0.2) is 18.2 Å². The van der Waals surface area contributed by atoms with Gasteiger partial charge in [-0.25, -0.2) is 0 Å². The van der Waals surface area contributed by atoms with Crippen LogP contribution < -0.4 is 10.1 Å². The van der Waals surface area contributed by atoms with Crippen molar-refractivity contribution in [2.45, 2.75) is 25.8 Å². The van der Waals surface area contributed by atoms with Crippen molar-refractivity contribution in [3.05, 3.63) is 18.2 Å². The smallest absolute Gasteiger partial charge is 0.215 e. The summed E-state index contributed by atoms with van der Waals surface area (Å²) in [6.07, 6.45) is 2.25. The van der Waals surface area contributed by atoms with Crippen molar-refractivity contribution >= 4 is 5.82 Å². The fourth-order valence-electron chi connectivity index (χ4n) is 1.79. The van der Waals surface area contributed by atoms with Gasteiger partial charge in [0.25, 0.3) is 0 Å². The van der Waals surface area contributed by atoms with Crippen LogP contribution in [0.5, 0.6) is 5.88 Å². The summed E-state index contributed by atoms with van der Waals surface area (Å²) in [6, 6.07) is 6.14. The number of hydrogen-bond acceptors (Lipinski definition) is 4. The van der Waals surface area contributed by atoms with Gasteiger partial charge >= 0.3 is 0 Å². The second-order valence-electron chi connectivity index (χ2n) is 3.85. The Balaban J connectivity index is 1.94. The molecule has 1 aromatic heterocycles. The topological polar surface area (TPSA) is 43.4 Å². The molecule has 4 heteroatoms. The monoisotopic (exact) mass is 222 g/mol. The van der Waals surface area contributed by atoms with E-state index in [4.69, 9.17) is 9.47 Å². The van der Waals surface area contributed by atoms with Crippen LogP contribution in [0.3, 0.4) is 0 Å². The van der Waals surface area contributed by atoms with Gasteiger partial charge in [-0.05, 0) is 25.8 Å². The summed E-state index contributed by atoms with van der Waals surface area (Å²) >= 11 is 0. The Morgan fingerprint density at radius 1 is 1.56 bits per heavy atom. The lowest BCUT2D eigenvalue weighted by molar-refractivity contribution is 0.0875. The summed E-state index contributed by atoms with van der Waals surface area (Å²) in [5.41, 5.74) is 0. The van der Waals surface area contributed by atoms with Crippen molar-refractivity contribution in [2.75, 3.05) is 25.1 Å². The number of aromatic nitrogens is 1. The van der Waals surface area contributed by atoms with Gasteiger partial charge in [-0.15, -0.1) is 0 Å². The number of rotatable bonds is 4. The number of nitrogens with zero attached hydrogens (tertiary/aromatic N) is 1. The molecule has 1 N–H and O–H groups in total. The Morgan fingerprint density at radius 3 is 3.25 bits per heavy atom. The van der Waals surface area contributed by atoms with Gasteiger partial charge in [0.2, 0.25) is 5.88 Å². The maximum atomic E-state index is 5.41. The number of hydrogen-bond donors (Lipinski definition) is 1. The molecule has 16 heavy (non-hydrogen) atoms. The molecule has 0 bridgehead atoms. The van der Waals surface area contributed by atoms with Crippen molar-refractivity contribution in [3.63, 3.8) is 0 Å². The first-order valence-electron chi connectivity index (χ1n) is 5.82. The number of anilines is 1. The summed E-state index contributed by atoms with van der Waals surface area (Å²) in [5.74, 6) is 1.53. The SMILES string of the molecule is CCOc1cccc(NC2CCCOC2)n1. The third kappa shape index (κ3) is 3.10. The number of nitrogens with one attached hydrogen (secondary N) is 1. The van der Waals surface area contributed by atoms with Crippen LogP contribution in [-0.2, 0) is 4.74 Å². The maximum absolute atomic E-state index is 5.41. The Kier molecular flexibility index (Phi) is 3.99. The largest absolute Gasteiger partial charge is 0.478 e. The molecule has 1 unspecified atom stereocenters. The maximum Gasteiger partial charge on any atom is 0.215 e. The highest BCUT2D eigenvalue weighted by Crippen LogP contribution is 2.15. The predicted molar refractivity (Wildman–Crippen MR) is 62.9 cm³/mol. The van der Waals surface area contributed by atoms with Crippen LogP contribution in [0.4, 0.5) is 5.82 Å². The van der Waals surface area contributed by atoms with Gasteiger partial charge in [0.15, 0.2) is 0 Å². The van der Waals surface area contributed by atoms with Crippen molar-refractivity contribution in [1.29, 1.82) is 0 Å². The third-order valence-electron chi connectivity index (χ3n) is 2.53. The summed E-state index contributed by atoms with van der Waals surface area (Å²) in [5, 5.41) is 3.36. The van der Waals surface area contributed by atoms with E-state index in [2.05, 4.69) is 10.3 Å². The highest BCUT2D eigenvalue weighted by Gasteiger charge is 2.13. The molecule has 0 aromatic carbocycles. The van der Waals surface area contributed by atoms with E-state index in [1.165, 1.54) is 0 Å². The fourth-order valence-corrected chi connectivity index (χ4v) is 1.79. The molecule has 4 nitrogen and oxygen atoms in total. The predicted octanol–water partition coefficient (Wildman–Crippen LogP) is 2.07. The van der Waals surface area contributed by atoms with E-state index in [1.54, 1.807) is 0 Å². The molecule has 1 fully saturated rings. The lowest BCUT2D eigenvalue weighted by Crippen LogP contribution is -2.30. The zero-order valence-corrected chi connectivity index (χ0v) is 9.61. The van der Waals surface area contributed by atoms with E-state index < -0.39 is 0 Å². The minimum Gasteiger partial charge on any atom is -0.478 e. The summed E-state index contributed by atoms with van der Waals surface area (Å²) in [6.45, 7) is 4.24. The van der Waals surface area contributed by atoms with E-state index >= 15 is 0 Å². The molecule has 2 rings (SSSR count). The summed E-state index contributed by atoms with van der Waals surface area (Å²) in [4.78, 5) is 4.37. The van der Waals surface area contributed by atoms with Crippen LogP contribution in [-0.4, -0.2) is 30.8 Å². The number of ether oxygens (including phenoxy) is 2. The standard InChI is InChI=1S/C12H18N2O2/c1-2-16-12-7-3-6-11(14-12)13-10-5-4-8-15-9-10/h3,6-7,10H,2,4-5,8-9H2,1H3,(H,13,14). The van der Waals surface area contributed by atoms with Crippen LogP contribution in [0.25, 0.3) is 0 Å². The molecule has 0 radical (unpaired) electrons. The van der Waals surface area contributed by atoms with Gasteiger partial charge in [-0.3, -0.25) is 0 Å². The fraction of sp³-hybridized carbons (Fsp3) is 0.583. The normalized spacial score (nSPS) is 20.4. The molecule has 1 aromatic rings. The Bertz CT molecular complexity index is 325. The molecule has 1 aliphatic heterocycles. The van der Waals surface area contributed by atoms with Gasteiger partial charge in [0.05, 0.1) is 19.3 Å². The molecule has 0 amide bonds. The molecule has 0 spiro atoms. The van der Waals surface area contributed by atoms with Crippen molar-refractivity contribution < 1.29 is 9.47 Å². The van der Waals surface area contributed by atoms with E-state index in [-0.39, 0.29) is 0 Å². The van der Waals surface area contributed by atoms with E-state index in [1.807, 2.05) is 25.1 Å². The van der Waals surface area contributed by atoms with Crippen molar-refractivity contribution in [2.24, 2.45) is 0 Å². The van der Waals surface area contributed by atoms with Crippen molar-refractivity contribution in [3.8, 4) is 5.88 Å². The summed E-state index contributed by atoms with van der Waals surface area (Å²) in [7, 11) is 0. The first kappa shape index (κ1) is 11.2. The lowest BCUT2D eigenvalue weighted by Gasteiger charge is -2.23. The molecule has 1 aliphatic rings. The first-order valence-corrected chi connectivity index (χ1v) is 5.82. The average molecular weight is 222 g/mol. The zero-order valence-electron chi connectivity index (χ0n) is 9.61. The quantitative estimate of drug-likeness (QED) is 0.847. The van der Waals surface area contributed by atoms with E-state index in [0.717, 1.165) is 31.9 Å². The molecular formula is C12H18N2O2. The second kappa shape index (κ2) is 5.70. The Hall–Kier alpha value is -1.29. The molecule has 88 valence electrons.